The molecular formula is C23H21ClO5S. The number of hydrogen-bond acceptors (Lipinski definition) is 5. The lowest BCUT2D eigenvalue weighted by molar-refractivity contribution is 0.152. The fraction of sp³-hybridized carbons (Fsp3) is 0.217. The molecule has 0 aromatic heterocycles. The molecule has 156 valence electrons. The maximum Gasteiger partial charge on any atom is 0.297 e. The van der Waals surface area contributed by atoms with Gasteiger partial charge in [0.1, 0.15) is 24.2 Å². The molecule has 1 unspecified atom stereocenters. The third-order valence-electron chi connectivity index (χ3n) is 5.00. The normalized spacial score (nSPS) is 15.5. The maximum atomic E-state index is 12.5. The molecule has 5 nitrogen and oxygen atoms in total. The molecule has 1 atom stereocenters. The van der Waals surface area contributed by atoms with E-state index in [4.69, 9.17) is 25.3 Å². The molecule has 0 radical (unpaired) electrons. The molecule has 1 aliphatic heterocycles. The van der Waals surface area contributed by atoms with E-state index in [-0.39, 0.29) is 11.5 Å². The number of fused-ring (bicyclic) bond motifs is 1. The van der Waals surface area contributed by atoms with E-state index >= 15 is 0 Å². The molecule has 0 N–H and O–H groups in total. The first-order chi connectivity index (χ1) is 14.4. The van der Waals surface area contributed by atoms with E-state index in [1.54, 1.807) is 43.5 Å². The summed E-state index contributed by atoms with van der Waals surface area (Å²) in [6.45, 7) is 1.82. The summed E-state index contributed by atoms with van der Waals surface area (Å²) in [5.41, 5.74) is 3.62. The summed E-state index contributed by atoms with van der Waals surface area (Å²) < 4.78 is 41.8. The Bertz CT molecular complexity index is 1170. The van der Waals surface area contributed by atoms with Crippen molar-refractivity contribution in [1.29, 1.82) is 0 Å². The summed E-state index contributed by atoms with van der Waals surface area (Å²) in [5.74, 6) is 1.37. The molecule has 0 amide bonds. The molecule has 0 fully saturated rings. The van der Waals surface area contributed by atoms with Gasteiger partial charge in [-0.1, -0.05) is 47.5 Å². The number of halogens is 1. The third kappa shape index (κ3) is 4.17. The van der Waals surface area contributed by atoms with Crippen molar-refractivity contribution in [3.63, 3.8) is 0 Å². The van der Waals surface area contributed by atoms with Crippen molar-refractivity contribution in [2.24, 2.45) is 0 Å². The van der Waals surface area contributed by atoms with Gasteiger partial charge in [-0.2, -0.15) is 8.42 Å². The second-order valence-electron chi connectivity index (χ2n) is 7.13. The van der Waals surface area contributed by atoms with Crippen molar-refractivity contribution in [2.45, 2.75) is 24.3 Å². The average Bonchev–Trinajstić information content (AvgIpc) is 3.16. The predicted molar refractivity (Wildman–Crippen MR) is 116 cm³/mol. The van der Waals surface area contributed by atoms with Crippen LogP contribution in [0.25, 0.3) is 11.1 Å². The molecule has 0 bridgehead atoms. The van der Waals surface area contributed by atoms with Gasteiger partial charge in [-0.15, -0.1) is 0 Å². The van der Waals surface area contributed by atoms with Crippen LogP contribution in [0.15, 0.2) is 65.6 Å². The molecule has 7 heteroatoms. The highest BCUT2D eigenvalue weighted by Gasteiger charge is 2.29. The minimum absolute atomic E-state index is 0.0724. The summed E-state index contributed by atoms with van der Waals surface area (Å²) in [5, 5.41) is 0.588. The van der Waals surface area contributed by atoms with E-state index in [0.29, 0.717) is 22.9 Å². The molecule has 4 rings (SSSR count). The largest absolute Gasteiger partial charge is 0.496 e. The van der Waals surface area contributed by atoms with Crippen molar-refractivity contribution in [3.05, 3.63) is 76.8 Å². The maximum absolute atomic E-state index is 12.5. The average molecular weight is 445 g/mol. The van der Waals surface area contributed by atoms with Crippen LogP contribution in [-0.4, -0.2) is 28.2 Å². The van der Waals surface area contributed by atoms with Gasteiger partial charge in [-0.3, -0.25) is 4.18 Å². The lowest BCUT2D eigenvalue weighted by atomic mass is 10.00. The van der Waals surface area contributed by atoms with Crippen molar-refractivity contribution in [1.82, 2.24) is 0 Å². The number of methoxy groups -OCH3 is 1. The SMILES string of the molecule is COc1ccc(Cl)cc1-c1cccc2c1OC(COS(=O)(=O)c1ccc(C)cc1)C2. The van der Waals surface area contributed by atoms with Gasteiger partial charge in [0.05, 0.1) is 12.0 Å². The Kier molecular flexibility index (Phi) is 5.73. The number of ether oxygens (including phenoxy) is 2. The van der Waals surface area contributed by atoms with Crippen LogP contribution in [0.5, 0.6) is 11.5 Å². The molecule has 0 saturated heterocycles. The van der Waals surface area contributed by atoms with Crippen LogP contribution < -0.4 is 9.47 Å². The molecule has 1 aliphatic rings. The summed E-state index contributed by atoms with van der Waals surface area (Å²) in [7, 11) is -2.25. The molecule has 3 aromatic rings. The van der Waals surface area contributed by atoms with E-state index < -0.39 is 16.2 Å². The van der Waals surface area contributed by atoms with Crippen LogP contribution in [0.1, 0.15) is 11.1 Å². The zero-order valence-corrected chi connectivity index (χ0v) is 18.2. The molecule has 30 heavy (non-hydrogen) atoms. The first-order valence-electron chi connectivity index (χ1n) is 9.46. The zero-order valence-electron chi connectivity index (χ0n) is 16.6. The van der Waals surface area contributed by atoms with Crippen LogP contribution in [0.3, 0.4) is 0 Å². The van der Waals surface area contributed by atoms with Gasteiger partial charge < -0.3 is 9.47 Å². The zero-order chi connectivity index (χ0) is 21.3. The van der Waals surface area contributed by atoms with E-state index in [2.05, 4.69) is 0 Å². The number of benzene rings is 3. The van der Waals surface area contributed by atoms with Crippen LogP contribution in [0.2, 0.25) is 5.02 Å². The predicted octanol–water partition coefficient (Wildman–Crippen LogP) is 5.03. The quantitative estimate of drug-likeness (QED) is 0.499. The van der Waals surface area contributed by atoms with Crippen molar-refractivity contribution in [2.75, 3.05) is 13.7 Å². The fourth-order valence-electron chi connectivity index (χ4n) is 3.47. The number of rotatable bonds is 6. The van der Waals surface area contributed by atoms with E-state index in [9.17, 15) is 8.42 Å². The Hall–Kier alpha value is -2.54. The van der Waals surface area contributed by atoms with Gasteiger partial charge in [0, 0.05) is 22.6 Å². The molecular weight excluding hydrogens is 424 g/mol. The van der Waals surface area contributed by atoms with Crippen molar-refractivity contribution in [3.8, 4) is 22.6 Å². The molecule has 0 spiro atoms. The second-order valence-corrected chi connectivity index (χ2v) is 9.19. The summed E-state index contributed by atoms with van der Waals surface area (Å²) in [4.78, 5) is 0.132. The summed E-state index contributed by atoms with van der Waals surface area (Å²) in [6.07, 6.45) is 0.140. The monoisotopic (exact) mass is 444 g/mol. The van der Waals surface area contributed by atoms with Crippen LogP contribution >= 0.6 is 11.6 Å². The van der Waals surface area contributed by atoms with Crippen molar-refractivity contribution >= 4 is 21.7 Å². The molecule has 0 aliphatic carbocycles. The number of hydrogen-bond donors (Lipinski definition) is 0. The smallest absolute Gasteiger partial charge is 0.297 e. The van der Waals surface area contributed by atoms with E-state index in [1.165, 1.54) is 0 Å². The van der Waals surface area contributed by atoms with Gasteiger partial charge in [0.25, 0.3) is 10.1 Å². The lowest BCUT2D eigenvalue weighted by Crippen LogP contribution is -2.23. The Labute approximate surface area is 181 Å². The highest BCUT2D eigenvalue weighted by molar-refractivity contribution is 7.86. The Morgan fingerprint density at radius 1 is 1.07 bits per heavy atom. The first kappa shape index (κ1) is 20.7. The van der Waals surface area contributed by atoms with Gasteiger partial charge in [-0.25, -0.2) is 0 Å². The topological polar surface area (TPSA) is 61.8 Å². The minimum atomic E-state index is -3.85. The van der Waals surface area contributed by atoms with Gasteiger partial charge in [0.15, 0.2) is 0 Å². The molecule has 0 saturated carbocycles. The first-order valence-corrected chi connectivity index (χ1v) is 11.2. The van der Waals surface area contributed by atoms with E-state index in [0.717, 1.165) is 22.3 Å². The van der Waals surface area contributed by atoms with Gasteiger partial charge >= 0.3 is 0 Å². The van der Waals surface area contributed by atoms with Crippen LogP contribution in [0.4, 0.5) is 0 Å². The highest BCUT2D eigenvalue weighted by atomic mass is 35.5. The Morgan fingerprint density at radius 2 is 1.83 bits per heavy atom. The molecule has 3 aromatic carbocycles. The summed E-state index contributed by atoms with van der Waals surface area (Å²) >= 11 is 6.19. The van der Waals surface area contributed by atoms with Crippen LogP contribution in [-0.2, 0) is 20.7 Å². The number of para-hydroxylation sites is 1. The van der Waals surface area contributed by atoms with Gasteiger partial charge in [-0.05, 0) is 42.8 Å². The second kappa shape index (κ2) is 8.30. The molecule has 1 heterocycles. The standard InChI is InChI=1S/C23H21ClO5S/c1-15-6-9-19(10-7-15)30(25,26)28-14-18-12-16-4-3-5-20(23(16)29-18)21-13-17(24)8-11-22(21)27-2/h3-11,13,18H,12,14H2,1-2H3. The fourth-order valence-corrected chi connectivity index (χ4v) is 4.58. The van der Waals surface area contributed by atoms with Gasteiger partial charge in [0.2, 0.25) is 0 Å². The van der Waals surface area contributed by atoms with Crippen molar-refractivity contribution < 1.29 is 22.1 Å². The van der Waals surface area contributed by atoms with E-state index in [1.807, 2.05) is 31.2 Å². The minimum Gasteiger partial charge on any atom is -0.496 e. The highest BCUT2D eigenvalue weighted by Crippen LogP contribution is 2.43. The third-order valence-corrected chi connectivity index (χ3v) is 6.53. The number of aryl methyl sites for hydroxylation is 1. The van der Waals surface area contributed by atoms with Crippen LogP contribution in [0, 0.1) is 6.92 Å². The Morgan fingerprint density at radius 3 is 2.57 bits per heavy atom. The Balaban J connectivity index is 1.54. The lowest BCUT2D eigenvalue weighted by Gasteiger charge is -2.15. The summed E-state index contributed by atoms with van der Waals surface area (Å²) in [6, 6.07) is 17.8.